The molecule has 0 saturated carbocycles. The molecule has 0 bridgehead atoms. The summed E-state index contributed by atoms with van der Waals surface area (Å²) in [6.45, 7) is 2.66. The summed E-state index contributed by atoms with van der Waals surface area (Å²) in [6, 6.07) is 16.5. The van der Waals surface area contributed by atoms with Crippen molar-refractivity contribution in [2.24, 2.45) is 5.84 Å². The fourth-order valence-corrected chi connectivity index (χ4v) is 3.15. The molecule has 21 heavy (non-hydrogen) atoms. The molecule has 3 nitrogen and oxygen atoms in total. The molecule has 5 heteroatoms. The second kappa shape index (κ2) is 8.44. The molecule has 0 spiro atoms. The third-order valence-electron chi connectivity index (χ3n) is 3.02. The summed E-state index contributed by atoms with van der Waals surface area (Å²) >= 11 is 5.22. The maximum Gasteiger partial charge on any atom is 0.119 e. The monoisotopic (exact) mass is 366 g/mol. The second-order valence-electron chi connectivity index (χ2n) is 4.49. The Balaban J connectivity index is 1.97. The van der Waals surface area contributed by atoms with E-state index in [0.29, 0.717) is 6.61 Å². The highest BCUT2D eigenvalue weighted by atomic mass is 79.9. The number of ether oxygens (including phenoxy) is 1. The molecule has 2 aromatic rings. The molecule has 2 aromatic carbocycles. The van der Waals surface area contributed by atoms with Gasteiger partial charge in [-0.25, -0.2) is 0 Å². The molecule has 0 aromatic heterocycles. The molecule has 0 heterocycles. The number of rotatable bonds is 7. The Morgan fingerprint density at radius 1 is 1.14 bits per heavy atom. The highest BCUT2D eigenvalue weighted by molar-refractivity contribution is 9.10. The number of thioether (sulfide) groups is 1. The minimum atomic E-state index is 0.106. The van der Waals surface area contributed by atoms with Crippen LogP contribution in [0.1, 0.15) is 18.5 Å². The van der Waals surface area contributed by atoms with Gasteiger partial charge in [0.1, 0.15) is 5.75 Å². The fourth-order valence-electron chi connectivity index (χ4n) is 1.91. The predicted molar refractivity (Wildman–Crippen MR) is 92.5 cm³/mol. The van der Waals surface area contributed by atoms with Gasteiger partial charge in [-0.3, -0.25) is 11.3 Å². The van der Waals surface area contributed by atoms with Crippen LogP contribution in [-0.2, 0) is 0 Å². The quantitative estimate of drug-likeness (QED) is 0.439. The number of benzene rings is 2. The summed E-state index contributed by atoms with van der Waals surface area (Å²) in [5, 5.41) is 0. The van der Waals surface area contributed by atoms with Gasteiger partial charge >= 0.3 is 0 Å². The van der Waals surface area contributed by atoms with Gasteiger partial charge in [0.05, 0.1) is 12.6 Å². The molecular formula is C16H19BrN2OS. The van der Waals surface area contributed by atoms with Gasteiger partial charge in [-0.2, -0.15) is 0 Å². The summed E-state index contributed by atoms with van der Waals surface area (Å²) in [5.74, 6) is 7.44. The first kappa shape index (κ1) is 16.4. The Bertz CT molecular complexity index is 545. The number of nitrogens with one attached hydrogen (secondary N) is 1. The van der Waals surface area contributed by atoms with E-state index in [0.717, 1.165) is 21.5 Å². The van der Waals surface area contributed by atoms with Crippen molar-refractivity contribution < 1.29 is 4.74 Å². The third kappa shape index (κ3) is 5.04. The van der Waals surface area contributed by atoms with Gasteiger partial charge in [-0.1, -0.05) is 28.1 Å². The Morgan fingerprint density at radius 2 is 1.81 bits per heavy atom. The van der Waals surface area contributed by atoms with Crippen molar-refractivity contribution in [3.05, 3.63) is 58.6 Å². The highest BCUT2D eigenvalue weighted by Gasteiger charge is 2.10. The van der Waals surface area contributed by atoms with Gasteiger partial charge in [-0.15, -0.1) is 11.8 Å². The third-order valence-corrected chi connectivity index (χ3v) is 4.66. The van der Waals surface area contributed by atoms with Crippen molar-refractivity contribution in [3.63, 3.8) is 0 Å². The molecule has 0 aliphatic rings. The van der Waals surface area contributed by atoms with Gasteiger partial charge in [0.2, 0.25) is 0 Å². The smallest absolute Gasteiger partial charge is 0.119 e. The molecule has 3 N–H and O–H groups in total. The molecular weight excluding hydrogens is 348 g/mol. The van der Waals surface area contributed by atoms with Crippen molar-refractivity contribution in [2.75, 3.05) is 12.4 Å². The van der Waals surface area contributed by atoms with E-state index in [1.165, 1.54) is 4.90 Å². The average Bonchev–Trinajstić information content (AvgIpc) is 2.51. The zero-order valence-corrected chi connectivity index (χ0v) is 14.3. The molecule has 0 fully saturated rings. The molecule has 2 rings (SSSR count). The topological polar surface area (TPSA) is 47.3 Å². The SMILES string of the molecule is CCOc1ccc(C(CSc2ccc(Br)cc2)NN)cc1. The van der Waals surface area contributed by atoms with E-state index in [-0.39, 0.29) is 6.04 Å². The molecule has 0 radical (unpaired) electrons. The summed E-state index contributed by atoms with van der Waals surface area (Å²) in [4.78, 5) is 1.23. The second-order valence-corrected chi connectivity index (χ2v) is 6.50. The summed E-state index contributed by atoms with van der Waals surface area (Å²) in [6.07, 6.45) is 0. The lowest BCUT2D eigenvalue weighted by molar-refractivity contribution is 0.340. The summed E-state index contributed by atoms with van der Waals surface area (Å²) < 4.78 is 6.54. The fraction of sp³-hybridized carbons (Fsp3) is 0.250. The molecule has 0 aliphatic heterocycles. The Hall–Kier alpha value is -1.01. The van der Waals surface area contributed by atoms with Crippen LogP contribution in [-0.4, -0.2) is 12.4 Å². The van der Waals surface area contributed by atoms with Crippen LogP contribution in [0, 0.1) is 0 Å². The summed E-state index contributed by atoms with van der Waals surface area (Å²) in [7, 11) is 0. The average molecular weight is 367 g/mol. The first-order valence-corrected chi connectivity index (χ1v) is 8.58. The molecule has 1 unspecified atom stereocenters. The van der Waals surface area contributed by atoms with Crippen LogP contribution in [0.25, 0.3) is 0 Å². The number of hydrogen-bond acceptors (Lipinski definition) is 4. The normalized spacial score (nSPS) is 12.1. The lowest BCUT2D eigenvalue weighted by atomic mass is 10.1. The van der Waals surface area contributed by atoms with Crippen LogP contribution in [0.3, 0.4) is 0 Å². The van der Waals surface area contributed by atoms with E-state index >= 15 is 0 Å². The molecule has 1 atom stereocenters. The molecule has 0 amide bonds. The Labute approximate surface area is 138 Å². The maximum absolute atomic E-state index is 5.69. The lowest BCUT2D eigenvalue weighted by Crippen LogP contribution is -2.29. The largest absolute Gasteiger partial charge is 0.494 e. The van der Waals surface area contributed by atoms with Crippen LogP contribution in [0.4, 0.5) is 0 Å². The van der Waals surface area contributed by atoms with E-state index < -0.39 is 0 Å². The minimum absolute atomic E-state index is 0.106. The van der Waals surface area contributed by atoms with Gasteiger partial charge in [0.15, 0.2) is 0 Å². The Kier molecular flexibility index (Phi) is 6.57. The van der Waals surface area contributed by atoms with E-state index in [2.05, 4.69) is 45.6 Å². The zero-order chi connectivity index (χ0) is 15.1. The van der Waals surface area contributed by atoms with Crippen LogP contribution in [0.2, 0.25) is 0 Å². The van der Waals surface area contributed by atoms with Gasteiger partial charge in [0, 0.05) is 15.1 Å². The van der Waals surface area contributed by atoms with Gasteiger partial charge in [0.25, 0.3) is 0 Å². The standard InChI is InChI=1S/C16H19BrN2OS/c1-2-20-14-7-3-12(4-8-14)16(19-18)11-21-15-9-5-13(17)6-10-15/h3-10,16,19H,2,11,18H2,1H3. The Morgan fingerprint density at radius 3 is 2.38 bits per heavy atom. The van der Waals surface area contributed by atoms with Crippen LogP contribution in [0.5, 0.6) is 5.75 Å². The molecule has 0 saturated heterocycles. The minimum Gasteiger partial charge on any atom is -0.494 e. The number of hydrazine groups is 1. The van der Waals surface area contributed by atoms with E-state index in [1.54, 1.807) is 11.8 Å². The summed E-state index contributed by atoms with van der Waals surface area (Å²) in [5.41, 5.74) is 4.04. The first-order valence-electron chi connectivity index (χ1n) is 6.80. The number of halogens is 1. The predicted octanol–water partition coefficient (Wildman–Crippen LogP) is 4.14. The van der Waals surface area contributed by atoms with Crippen molar-refractivity contribution in [1.82, 2.24) is 5.43 Å². The zero-order valence-electron chi connectivity index (χ0n) is 11.9. The van der Waals surface area contributed by atoms with Crippen LogP contribution < -0.4 is 16.0 Å². The van der Waals surface area contributed by atoms with Gasteiger partial charge in [-0.05, 0) is 48.9 Å². The van der Waals surface area contributed by atoms with E-state index in [4.69, 9.17) is 10.6 Å². The van der Waals surface area contributed by atoms with Crippen molar-refractivity contribution in [3.8, 4) is 5.75 Å². The first-order chi connectivity index (χ1) is 10.2. The lowest BCUT2D eigenvalue weighted by Gasteiger charge is -2.16. The van der Waals surface area contributed by atoms with Crippen molar-refractivity contribution >= 4 is 27.7 Å². The van der Waals surface area contributed by atoms with E-state index in [9.17, 15) is 0 Å². The number of nitrogens with two attached hydrogens (primary N) is 1. The van der Waals surface area contributed by atoms with Crippen LogP contribution in [0.15, 0.2) is 57.9 Å². The van der Waals surface area contributed by atoms with Crippen molar-refractivity contribution in [1.29, 1.82) is 0 Å². The highest BCUT2D eigenvalue weighted by Crippen LogP contribution is 2.26. The van der Waals surface area contributed by atoms with E-state index in [1.807, 2.05) is 31.2 Å². The number of hydrogen-bond donors (Lipinski definition) is 2. The van der Waals surface area contributed by atoms with Gasteiger partial charge < -0.3 is 4.74 Å². The van der Waals surface area contributed by atoms with Crippen molar-refractivity contribution in [2.45, 2.75) is 17.9 Å². The maximum atomic E-state index is 5.69. The molecule has 0 aliphatic carbocycles. The van der Waals surface area contributed by atoms with Crippen LogP contribution >= 0.6 is 27.7 Å². The molecule has 112 valence electrons.